The topological polar surface area (TPSA) is 74.3 Å². The van der Waals surface area contributed by atoms with E-state index >= 15 is 0 Å². The predicted octanol–water partition coefficient (Wildman–Crippen LogP) is 2.47. The lowest BCUT2D eigenvalue weighted by Crippen LogP contribution is -2.13. The van der Waals surface area contributed by atoms with Gasteiger partial charge in [0, 0.05) is 31.4 Å². The van der Waals surface area contributed by atoms with Crippen molar-refractivity contribution in [1.82, 2.24) is 0 Å². The molecule has 0 atom stereocenters. The monoisotopic (exact) mass is 379 g/mol. The van der Waals surface area contributed by atoms with Crippen LogP contribution in [-0.4, -0.2) is 43.3 Å². The number of hydrogen-bond donors (Lipinski definition) is 0. The first-order valence-corrected chi connectivity index (χ1v) is 9.39. The molecule has 0 aromatic heterocycles. The van der Waals surface area contributed by atoms with Crippen molar-refractivity contribution in [2.24, 2.45) is 0 Å². The Morgan fingerprint density at radius 3 is 2.19 bits per heavy atom. The molecule has 0 saturated carbocycles. The van der Waals surface area contributed by atoms with E-state index in [1.165, 1.54) is 33.5 Å². The molecule has 0 saturated heterocycles. The number of benzene rings is 2. The first kappa shape index (κ1) is 18.2. The van der Waals surface area contributed by atoms with Crippen molar-refractivity contribution in [1.29, 1.82) is 0 Å². The third kappa shape index (κ3) is 3.24. The van der Waals surface area contributed by atoms with Crippen LogP contribution >= 0.6 is 0 Å². The van der Waals surface area contributed by atoms with Gasteiger partial charge in [0.05, 0.1) is 21.3 Å². The Labute approximate surface area is 153 Å². The van der Waals surface area contributed by atoms with Gasteiger partial charge in [-0.3, -0.25) is 0 Å². The molecular formula is C18H21NO6S. The van der Waals surface area contributed by atoms with Gasteiger partial charge in [-0.25, -0.2) is 0 Å². The van der Waals surface area contributed by atoms with Gasteiger partial charge in [0.25, 0.3) is 0 Å². The minimum absolute atomic E-state index is 0.0807. The van der Waals surface area contributed by atoms with Gasteiger partial charge in [0.1, 0.15) is 4.90 Å². The maximum absolute atomic E-state index is 12.7. The third-order valence-electron chi connectivity index (χ3n) is 4.31. The number of rotatable bonds is 6. The molecule has 2 aromatic carbocycles. The van der Waals surface area contributed by atoms with Crippen molar-refractivity contribution in [3.05, 3.63) is 35.9 Å². The van der Waals surface area contributed by atoms with E-state index in [0.29, 0.717) is 17.2 Å². The van der Waals surface area contributed by atoms with Crippen LogP contribution in [0.4, 0.5) is 5.69 Å². The lowest BCUT2D eigenvalue weighted by Gasteiger charge is -2.15. The van der Waals surface area contributed by atoms with Crippen molar-refractivity contribution in [3.63, 3.8) is 0 Å². The molecule has 0 bridgehead atoms. The lowest BCUT2D eigenvalue weighted by atomic mass is 10.2. The van der Waals surface area contributed by atoms with E-state index in [1.54, 1.807) is 18.2 Å². The van der Waals surface area contributed by atoms with E-state index in [1.807, 2.05) is 7.05 Å². The van der Waals surface area contributed by atoms with Gasteiger partial charge < -0.3 is 23.3 Å². The molecule has 0 unspecified atom stereocenters. The molecule has 1 heterocycles. The molecule has 1 aliphatic rings. The summed E-state index contributed by atoms with van der Waals surface area (Å²) in [6, 6.07) is 7.90. The Kier molecular flexibility index (Phi) is 4.86. The largest absolute Gasteiger partial charge is 0.493 e. The van der Waals surface area contributed by atoms with Gasteiger partial charge in [-0.05, 0) is 30.2 Å². The van der Waals surface area contributed by atoms with Crippen LogP contribution in [0.5, 0.6) is 23.0 Å². The van der Waals surface area contributed by atoms with Crippen molar-refractivity contribution in [2.75, 3.05) is 39.8 Å². The minimum Gasteiger partial charge on any atom is -0.493 e. The molecule has 2 aromatic rings. The fourth-order valence-electron chi connectivity index (χ4n) is 2.98. The Hall–Kier alpha value is -2.61. The maximum atomic E-state index is 12.7. The summed E-state index contributed by atoms with van der Waals surface area (Å²) < 4.78 is 46.4. The van der Waals surface area contributed by atoms with Crippen molar-refractivity contribution >= 4 is 15.8 Å². The molecular weight excluding hydrogens is 358 g/mol. The van der Waals surface area contributed by atoms with Crippen LogP contribution in [-0.2, 0) is 16.5 Å². The van der Waals surface area contributed by atoms with Crippen LogP contribution in [0.25, 0.3) is 0 Å². The van der Waals surface area contributed by atoms with Crippen molar-refractivity contribution in [2.45, 2.75) is 11.3 Å². The Morgan fingerprint density at radius 2 is 1.62 bits per heavy atom. The molecule has 0 N–H and O–H groups in total. The van der Waals surface area contributed by atoms with Crippen LogP contribution in [0.15, 0.2) is 35.2 Å². The molecule has 26 heavy (non-hydrogen) atoms. The molecule has 7 nitrogen and oxygen atoms in total. The number of anilines is 1. The summed E-state index contributed by atoms with van der Waals surface area (Å²) in [7, 11) is 2.36. The van der Waals surface area contributed by atoms with E-state index in [-0.39, 0.29) is 10.6 Å². The van der Waals surface area contributed by atoms with Gasteiger partial charge in [-0.2, -0.15) is 8.42 Å². The van der Waals surface area contributed by atoms with E-state index in [4.69, 9.17) is 18.4 Å². The summed E-state index contributed by atoms with van der Waals surface area (Å²) in [5, 5.41) is 0. The molecule has 140 valence electrons. The van der Waals surface area contributed by atoms with Gasteiger partial charge in [-0.15, -0.1) is 0 Å². The van der Waals surface area contributed by atoms with Crippen molar-refractivity contribution < 1.29 is 26.8 Å². The molecule has 3 rings (SSSR count). The van der Waals surface area contributed by atoms with Crippen LogP contribution in [0.2, 0.25) is 0 Å². The standard InChI is InChI=1S/C18H21NO6S/c1-19-8-7-12-9-14(5-6-15(12)19)26(20,21)25-13-10-16(22-2)18(24-4)17(11-13)23-3/h5-6,9-11H,7-8H2,1-4H3. The first-order valence-electron chi connectivity index (χ1n) is 7.98. The van der Waals surface area contributed by atoms with Crippen LogP contribution in [0, 0.1) is 0 Å². The van der Waals surface area contributed by atoms with E-state index < -0.39 is 10.1 Å². The molecule has 0 spiro atoms. The summed E-state index contributed by atoms with van der Waals surface area (Å²) in [5.41, 5.74) is 2.03. The quantitative estimate of drug-likeness (QED) is 0.714. The van der Waals surface area contributed by atoms with Crippen LogP contribution in [0.3, 0.4) is 0 Å². The van der Waals surface area contributed by atoms with Crippen LogP contribution in [0.1, 0.15) is 5.56 Å². The Morgan fingerprint density at radius 1 is 0.962 bits per heavy atom. The Balaban J connectivity index is 1.95. The highest BCUT2D eigenvalue weighted by Gasteiger charge is 2.24. The molecule has 0 radical (unpaired) electrons. The van der Waals surface area contributed by atoms with Crippen molar-refractivity contribution in [3.8, 4) is 23.0 Å². The molecule has 0 aliphatic carbocycles. The summed E-state index contributed by atoms with van der Waals surface area (Å²) in [5.74, 6) is 1.07. The zero-order valence-electron chi connectivity index (χ0n) is 15.1. The second kappa shape index (κ2) is 6.95. The number of nitrogens with zero attached hydrogens (tertiary/aromatic N) is 1. The average molecular weight is 379 g/mol. The van der Waals surface area contributed by atoms with Gasteiger partial charge in [-0.1, -0.05) is 0 Å². The Bertz CT molecular complexity index is 900. The maximum Gasteiger partial charge on any atom is 0.339 e. The van der Waals surface area contributed by atoms with Gasteiger partial charge in [0.2, 0.25) is 5.75 Å². The number of hydrogen-bond acceptors (Lipinski definition) is 7. The summed E-state index contributed by atoms with van der Waals surface area (Å²) in [6.45, 7) is 0.868. The van der Waals surface area contributed by atoms with E-state index in [2.05, 4.69) is 4.90 Å². The number of ether oxygens (including phenoxy) is 3. The lowest BCUT2D eigenvalue weighted by molar-refractivity contribution is 0.322. The average Bonchev–Trinajstić information content (AvgIpc) is 3.01. The van der Waals surface area contributed by atoms with Crippen LogP contribution < -0.4 is 23.3 Å². The smallest absolute Gasteiger partial charge is 0.339 e. The molecule has 0 amide bonds. The van der Waals surface area contributed by atoms with E-state index in [9.17, 15) is 8.42 Å². The second-order valence-corrected chi connectivity index (χ2v) is 7.41. The predicted molar refractivity (Wildman–Crippen MR) is 97.3 cm³/mol. The van der Waals surface area contributed by atoms with E-state index in [0.717, 1.165) is 24.2 Å². The SMILES string of the molecule is COc1cc(OS(=O)(=O)c2ccc3c(c2)CCN3C)cc(OC)c1OC. The van der Waals surface area contributed by atoms with Gasteiger partial charge in [0.15, 0.2) is 17.2 Å². The highest BCUT2D eigenvalue weighted by atomic mass is 32.2. The zero-order valence-corrected chi connectivity index (χ0v) is 15.9. The molecule has 1 aliphatic heterocycles. The molecule has 8 heteroatoms. The summed E-state index contributed by atoms with van der Waals surface area (Å²) in [6.07, 6.45) is 0.805. The number of methoxy groups -OCH3 is 3. The number of likely N-dealkylation sites (N-methyl/N-ethyl adjacent to an activating group) is 1. The minimum atomic E-state index is -3.99. The van der Waals surface area contributed by atoms with Gasteiger partial charge >= 0.3 is 10.1 Å². The fourth-order valence-corrected chi connectivity index (χ4v) is 3.95. The summed E-state index contributed by atoms with van der Waals surface area (Å²) >= 11 is 0. The second-order valence-electron chi connectivity index (χ2n) is 5.86. The highest BCUT2D eigenvalue weighted by Crippen LogP contribution is 2.41. The first-order chi connectivity index (χ1) is 12.4. The number of fused-ring (bicyclic) bond motifs is 1. The zero-order chi connectivity index (χ0) is 18.9. The fraction of sp³-hybridized carbons (Fsp3) is 0.333. The normalized spacial score (nSPS) is 13.3. The molecule has 0 fully saturated rings. The third-order valence-corrected chi connectivity index (χ3v) is 5.55. The summed E-state index contributed by atoms with van der Waals surface area (Å²) in [4.78, 5) is 2.20. The highest BCUT2D eigenvalue weighted by molar-refractivity contribution is 7.87.